The molecule has 1 aliphatic rings. The van der Waals surface area contributed by atoms with Crippen molar-refractivity contribution >= 4 is 56.8 Å². The maximum absolute atomic E-state index is 8.75. The van der Waals surface area contributed by atoms with Gasteiger partial charge in [0.25, 0.3) is 0 Å². The molecule has 0 radical (unpaired) electrons. The molecule has 0 spiro atoms. The van der Waals surface area contributed by atoms with Gasteiger partial charge < -0.3 is 20.9 Å². The minimum Gasteiger partial charge on any atom is -0.492 e. The highest BCUT2D eigenvalue weighted by Crippen LogP contribution is 2.54. The fourth-order valence-electron chi connectivity index (χ4n) is 3.92. The average molecular weight is 628 g/mol. The Bertz CT molecular complexity index is 1370. The molecular formula is C30H35BrN4O2S2. The molecule has 0 aromatic heterocycles. The number of hydrogen-bond acceptors (Lipinski definition) is 7. The molecule has 0 saturated carbocycles. The maximum Gasteiger partial charge on any atom is 0.158 e. The van der Waals surface area contributed by atoms with Gasteiger partial charge in [0.05, 0.1) is 34.1 Å². The van der Waals surface area contributed by atoms with Crippen LogP contribution in [-0.2, 0) is 0 Å². The number of aliphatic imine (C=N–C) groups is 1. The summed E-state index contributed by atoms with van der Waals surface area (Å²) in [6.07, 6.45) is 1.75. The SMILES string of the molecule is CC(C)CCOc1c(Sc2ccc(Br)cc2)c(Sc2ccccc2N)c(OCCC(C)C)c2c1C(=N)N=C2N. The second-order valence-electron chi connectivity index (χ2n) is 10.2. The van der Waals surface area contributed by atoms with E-state index in [1.54, 1.807) is 11.8 Å². The monoisotopic (exact) mass is 626 g/mol. The molecule has 0 unspecified atom stereocenters. The lowest BCUT2D eigenvalue weighted by Crippen LogP contribution is -2.16. The van der Waals surface area contributed by atoms with Crippen molar-refractivity contribution in [2.24, 2.45) is 22.6 Å². The molecule has 4 rings (SSSR count). The lowest BCUT2D eigenvalue weighted by Gasteiger charge is -2.24. The number of fused-ring (bicyclic) bond motifs is 1. The molecule has 206 valence electrons. The van der Waals surface area contributed by atoms with Gasteiger partial charge in [-0.15, -0.1) is 0 Å². The molecule has 0 amide bonds. The summed E-state index contributed by atoms with van der Waals surface area (Å²) < 4.78 is 14.0. The molecule has 5 N–H and O–H groups in total. The zero-order valence-electron chi connectivity index (χ0n) is 22.7. The smallest absolute Gasteiger partial charge is 0.158 e. The van der Waals surface area contributed by atoms with Crippen molar-refractivity contribution in [1.82, 2.24) is 0 Å². The lowest BCUT2D eigenvalue weighted by atomic mass is 10.0. The molecule has 1 heterocycles. The number of ether oxygens (including phenoxy) is 2. The number of para-hydroxylation sites is 1. The van der Waals surface area contributed by atoms with Gasteiger partial charge in [-0.2, -0.15) is 0 Å². The maximum atomic E-state index is 8.75. The topological polar surface area (TPSA) is 107 Å². The molecule has 3 aromatic rings. The van der Waals surface area contributed by atoms with E-state index in [4.69, 9.17) is 26.4 Å². The normalized spacial score (nSPS) is 12.7. The van der Waals surface area contributed by atoms with Crippen molar-refractivity contribution in [2.45, 2.75) is 60.1 Å². The number of amidine groups is 2. The second-order valence-corrected chi connectivity index (χ2v) is 13.2. The Labute approximate surface area is 248 Å². The summed E-state index contributed by atoms with van der Waals surface area (Å²) in [6, 6.07) is 15.9. The minimum atomic E-state index is 0.0872. The van der Waals surface area contributed by atoms with Crippen LogP contribution in [0, 0.1) is 17.2 Å². The zero-order valence-corrected chi connectivity index (χ0v) is 25.9. The van der Waals surface area contributed by atoms with E-state index in [-0.39, 0.29) is 11.7 Å². The molecule has 0 saturated heterocycles. The van der Waals surface area contributed by atoms with Crippen molar-refractivity contribution in [3.8, 4) is 11.5 Å². The van der Waals surface area contributed by atoms with Crippen molar-refractivity contribution in [3.63, 3.8) is 0 Å². The van der Waals surface area contributed by atoms with E-state index in [1.165, 1.54) is 11.8 Å². The van der Waals surface area contributed by atoms with Gasteiger partial charge >= 0.3 is 0 Å². The molecule has 1 aliphatic heterocycles. The first-order valence-electron chi connectivity index (χ1n) is 13.0. The van der Waals surface area contributed by atoms with Gasteiger partial charge in [-0.1, -0.05) is 79.3 Å². The van der Waals surface area contributed by atoms with Crippen LogP contribution in [0.25, 0.3) is 0 Å². The molecular weight excluding hydrogens is 592 g/mol. The number of hydrogen-bond donors (Lipinski definition) is 3. The summed E-state index contributed by atoms with van der Waals surface area (Å²) in [4.78, 5) is 8.01. The Kier molecular flexibility index (Phi) is 9.91. The quantitative estimate of drug-likeness (QED) is 0.175. The predicted octanol–water partition coefficient (Wildman–Crippen LogP) is 8.23. The fourth-order valence-corrected chi connectivity index (χ4v) is 6.37. The summed E-state index contributed by atoms with van der Waals surface area (Å²) >= 11 is 6.65. The third-order valence-corrected chi connectivity index (χ3v) is 9.04. The van der Waals surface area contributed by atoms with E-state index < -0.39 is 0 Å². The van der Waals surface area contributed by atoms with Gasteiger partial charge in [-0.05, 0) is 61.1 Å². The standard InChI is InChI=1S/C30H35BrN4O2S2/c1-17(2)13-15-36-25-23-24(30(34)35-29(23)33)26(37-16-14-18(3)4)28(39-22-8-6-5-7-21(22)32)27(25)38-20-11-9-19(31)10-12-20/h5-12,17-18H,13-16,32H2,1-4H3,(H3,33,34,35). The third kappa shape index (κ3) is 7.13. The van der Waals surface area contributed by atoms with Crippen LogP contribution in [0.2, 0.25) is 0 Å². The molecule has 6 nitrogen and oxygen atoms in total. The number of nitrogens with two attached hydrogens (primary N) is 2. The van der Waals surface area contributed by atoms with Crippen LogP contribution in [-0.4, -0.2) is 24.9 Å². The Morgan fingerprint density at radius 1 is 0.821 bits per heavy atom. The first-order chi connectivity index (χ1) is 18.7. The van der Waals surface area contributed by atoms with Gasteiger partial charge in [-0.25, -0.2) is 4.99 Å². The molecule has 0 atom stereocenters. The van der Waals surface area contributed by atoms with Crippen molar-refractivity contribution in [1.29, 1.82) is 5.41 Å². The number of nitrogens with zero attached hydrogens (tertiary/aromatic N) is 1. The molecule has 9 heteroatoms. The Hall–Kier alpha value is -2.62. The number of halogens is 1. The van der Waals surface area contributed by atoms with Crippen LogP contribution in [0.5, 0.6) is 11.5 Å². The van der Waals surface area contributed by atoms with Crippen molar-refractivity contribution in [3.05, 3.63) is 64.1 Å². The van der Waals surface area contributed by atoms with Crippen molar-refractivity contribution in [2.75, 3.05) is 18.9 Å². The Morgan fingerprint density at radius 2 is 1.38 bits per heavy atom. The molecule has 3 aromatic carbocycles. The van der Waals surface area contributed by atoms with Gasteiger partial charge in [0.1, 0.15) is 17.3 Å². The van der Waals surface area contributed by atoms with E-state index in [9.17, 15) is 0 Å². The first kappa shape index (κ1) is 29.4. The molecule has 0 aliphatic carbocycles. The number of nitrogen functional groups attached to an aromatic ring is 1. The zero-order chi connectivity index (χ0) is 28.1. The Morgan fingerprint density at radius 3 is 1.97 bits per heavy atom. The highest BCUT2D eigenvalue weighted by atomic mass is 79.9. The van der Waals surface area contributed by atoms with Crippen LogP contribution in [0.3, 0.4) is 0 Å². The summed E-state index contributed by atoms with van der Waals surface area (Å²) in [5.41, 5.74) is 14.7. The van der Waals surface area contributed by atoms with Crippen LogP contribution in [0.1, 0.15) is 51.7 Å². The Balaban J connectivity index is 1.96. The fraction of sp³-hybridized carbons (Fsp3) is 0.333. The summed E-state index contributed by atoms with van der Waals surface area (Å²) in [5.74, 6) is 2.53. The largest absolute Gasteiger partial charge is 0.492 e. The number of rotatable bonds is 12. The first-order valence-corrected chi connectivity index (χ1v) is 15.5. The van der Waals surface area contributed by atoms with E-state index in [0.29, 0.717) is 53.4 Å². The summed E-state index contributed by atoms with van der Waals surface area (Å²) in [7, 11) is 0. The minimum absolute atomic E-state index is 0.0872. The predicted molar refractivity (Wildman–Crippen MR) is 167 cm³/mol. The van der Waals surface area contributed by atoms with Crippen LogP contribution in [0.15, 0.2) is 77.6 Å². The van der Waals surface area contributed by atoms with Crippen LogP contribution < -0.4 is 20.9 Å². The van der Waals surface area contributed by atoms with E-state index in [1.807, 2.05) is 36.4 Å². The lowest BCUT2D eigenvalue weighted by molar-refractivity contribution is 0.270. The van der Waals surface area contributed by atoms with E-state index in [2.05, 4.69) is 60.8 Å². The second kappa shape index (κ2) is 13.2. The highest BCUT2D eigenvalue weighted by molar-refractivity contribution is 9.10. The van der Waals surface area contributed by atoms with E-state index in [0.717, 1.165) is 36.9 Å². The van der Waals surface area contributed by atoms with Crippen LogP contribution >= 0.6 is 39.5 Å². The number of benzene rings is 3. The average Bonchev–Trinajstić information content (AvgIpc) is 3.17. The van der Waals surface area contributed by atoms with Gasteiger partial charge in [0, 0.05) is 20.0 Å². The highest BCUT2D eigenvalue weighted by Gasteiger charge is 2.35. The van der Waals surface area contributed by atoms with E-state index >= 15 is 0 Å². The van der Waals surface area contributed by atoms with Crippen LogP contribution in [0.4, 0.5) is 5.69 Å². The van der Waals surface area contributed by atoms with Gasteiger partial charge in [-0.3, -0.25) is 5.41 Å². The van der Waals surface area contributed by atoms with Crippen molar-refractivity contribution < 1.29 is 9.47 Å². The molecule has 0 fully saturated rings. The summed E-state index contributed by atoms with van der Waals surface area (Å²) in [5, 5.41) is 8.75. The van der Waals surface area contributed by atoms with Gasteiger partial charge in [0.2, 0.25) is 0 Å². The molecule has 0 bridgehead atoms. The number of anilines is 1. The number of nitrogens with one attached hydrogen (secondary N) is 1. The van der Waals surface area contributed by atoms with Gasteiger partial charge in [0.15, 0.2) is 5.84 Å². The summed E-state index contributed by atoms with van der Waals surface area (Å²) in [6.45, 7) is 9.69. The third-order valence-electron chi connectivity index (χ3n) is 6.10. The molecule has 39 heavy (non-hydrogen) atoms.